The van der Waals surface area contributed by atoms with E-state index in [1.807, 2.05) is 0 Å². The van der Waals surface area contributed by atoms with Crippen molar-refractivity contribution in [2.45, 2.75) is 18.9 Å². The maximum atomic E-state index is 12.6. The molecule has 4 rings (SSSR count). The number of non-ortho nitro benzene ring substituents is 1. The molecule has 2 heterocycles. The lowest BCUT2D eigenvalue weighted by Gasteiger charge is -2.13. The fourth-order valence-electron chi connectivity index (χ4n) is 3.59. The average Bonchev–Trinajstić information content (AvgIpc) is 3.47. The summed E-state index contributed by atoms with van der Waals surface area (Å²) in [5.41, 5.74) is 0.936. The molecule has 0 aliphatic carbocycles. The number of imide groups is 1. The number of thioether (sulfide) groups is 1. The molecule has 2 aliphatic heterocycles. The third kappa shape index (κ3) is 6.25. The van der Waals surface area contributed by atoms with E-state index in [-0.39, 0.29) is 35.7 Å². The number of nitro benzene ring substituents is 1. The third-order valence-corrected chi connectivity index (χ3v) is 6.38. The van der Waals surface area contributed by atoms with Crippen molar-refractivity contribution < 1.29 is 28.8 Å². The van der Waals surface area contributed by atoms with Gasteiger partial charge in [0.2, 0.25) is 0 Å². The second-order valence-electron chi connectivity index (χ2n) is 7.91. The second kappa shape index (κ2) is 11.2. The minimum Gasteiger partial charge on any atom is -0.491 e. The van der Waals surface area contributed by atoms with Crippen LogP contribution >= 0.6 is 11.8 Å². The van der Waals surface area contributed by atoms with Crippen molar-refractivity contribution >= 4 is 40.6 Å². The fraction of sp³-hybridized carbons (Fsp3) is 0.292. The molecular formula is C24H23N3O7S. The molecule has 3 amide bonds. The van der Waals surface area contributed by atoms with Crippen LogP contribution in [-0.2, 0) is 9.53 Å². The van der Waals surface area contributed by atoms with Gasteiger partial charge in [-0.15, -0.1) is 0 Å². The number of rotatable bonds is 9. The summed E-state index contributed by atoms with van der Waals surface area (Å²) in [5.74, 6) is -0.154. The Morgan fingerprint density at radius 2 is 1.94 bits per heavy atom. The molecule has 0 radical (unpaired) electrons. The van der Waals surface area contributed by atoms with Gasteiger partial charge in [0, 0.05) is 37.4 Å². The summed E-state index contributed by atoms with van der Waals surface area (Å²) >= 11 is 0.787. The van der Waals surface area contributed by atoms with Gasteiger partial charge in [-0.1, -0.05) is 0 Å². The molecule has 2 aromatic rings. The molecule has 2 fully saturated rings. The Labute approximate surface area is 205 Å². The highest BCUT2D eigenvalue weighted by molar-refractivity contribution is 8.18. The number of nitro groups is 1. The summed E-state index contributed by atoms with van der Waals surface area (Å²) in [7, 11) is 0. The number of nitrogens with zero attached hydrogens (tertiary/aromatic N) is 2. The SMILES string of the molecule is O=C(NCCN1C(=O)S/C(=C\c2ccc([N+](=O)[O-])cc2)C1=O)c1ccc(OCC2CCCO2)cc1. The van der Waals surface area contributed by atoms with Gasteiger partial charge >= 0.3 is 0 Å². The Balaban J connectivity index is 1.26. The van der Waals surface area contributed by atoms with Gasteiger partial charge in [-0.2, -0.15) is 0 Å². The van der Waals surface area contributed by atoms with E-state index in [9.17, 15) is 24.5 Å². The minimum absolute atomic E-state index is 0.0244. The van der Waals surface area contributed by atoms with Crippen LogP contribution in [-0.4, -0.2) is 59.3 Å². The maximum Gasteiger partial charge on any atom is 0.293 e. The number of hydrogen-bond donors (Lipinski definition) is 1. The fourth-order valence-corrected chi connectivity index (χ4v) is 4.45. The first-order valence-electron chi connectivity index (χ1n) is 11.0. The van der Waals surface area contributed by atoms with Gasteiger partial charge in [-0.25, -0.2) is 0 Å². The van der Waals surface area contributed by atoms with Crippen LogP contribution in [0, 0.1) is 10.1 Å². The monoisotopic (exact) mass is 497 g/mol. The molecule has 11 heteroatoms. The predicted molar refractivity (Wildman–Crippen MR) is 129 cm³/mol. The molecule has 2 aliphatic rings. The summed E-state index contributed by atoms with van der Waals surface area (Å²) in [6, 6.07) is 12.4. The van der Waals surface area contributed by atoms with E-state index in [0.29, 0.717) is 23.5 Å². The molecule has 182 valence electrons. The first-order valence-corrected chi connectivity index (χ1v) is 11.8. The topological polar surface area (TPSA) is 128 Å². The molecule has 2 aromatic carbocycles. The lowest BCUT2D eigenvalue weighted by atomic mass is 10.2. The lowest BCUT2D eigenvalue weighted by Crippen LogP contribution is -2.37. The Morgan fingerprint density at radius 1 is 1.20 bits per heavy atom. The smallest absolute Gasteiger partial charge is 0.293 e. The average molecular weight is 498 g/mol. The van der Waals surface area contributed by atoms with E-state index in [0.717, 1.165) is 36.1 Å². The largest absolute Gasteiger partial charge is 0.491 e. The Morgan fingerprint density at radius 3 is 2.60 bits per heavy atom. The number of benzene rings is 2. The van der Waals surface area contributed by atoms with Crippen molar-refractivity contribution in [3.63, 3.8) is 0 Å². The van der Waals surface area contributed by atoms with Gasteiger partial charge in [0.1, 0.15) is 12.4 Å². The molecule has 0 bridgehead atoms. The molecule has 0 aromatic heterocycles. The van der Waals surface area contributed by atoms with Crippen molar-refractivity contribution in [3.05, 3.63) is 74.7 Å². The zero-order valence-electron chi connectivity index (χ0n) is 18.7. The summed E-state index contributed by atoms with van der Waals surface area (Å²) in [6.45, 7) is 1.36. The van der Waals surface area contributed by atoms with Crippen LogP contribution in [0.2, 0.25) is 0 Å². The summed E-state index contributed by atoms with van der Waals surface area (Å²) in [6.07, 6.45) is 3.64. The lowest BCUT2D eigenvalue weighted by molar-refractivity contribution is -0.384. The highest BCUT2D eigenvalue weighted by Crippen LogP contribution is 2.32. The van der Waals surface area contributed by atoms with Crippen molar-refractivity contribution in [1.29, 1.82) is 0 Å². The van der Waals surface area contributed by atoms with Gasteiger partial charge in [0.15, 0.2) is 0 Å². The van der Waals surface area contributed by atoms with E-state index in [1.54, 1.807) is 24.3 Å². The van der Waals surface area contributed by atoms with Crippen molar-refractivity contribution in [1.82, 2.24) is 10.2 Å². The van der Waals surface area contributed by atoms with E-state index in [4.69, 9.17) is 9.47 Å². The first-order chi connectivity index (χ1) is 16.9. The van der Waals surface area contributed by atoms with E-state index in [2.05, 4.69) is 5.32 Å². The second-order valence-corrected chi connectivity index (χ2v) is 8.90. The molecule has 1 unspecified atom stereocenters. The number of ether oxygens (including phenoxy) is 2. The number of carbonyl (C=O) groups is 3. The molecular weight excluding hydrogens is 474 g/mol. The van der Waals surface area contributed by atoms with Crippen molar-refractivity contribution in [2.75, 3.05) is 26.3 Å². The molecule has 2 saturated heterocycles. The van der Waals surface area contributed by atoms with Crippen LogP contribution in [0.25, 0.3) is 6.08 Å². The normalized spacial score (nSPS) is 18.8. The summed E-state index contributed by atoms with van der Waals surface area (Å²) in [4.78, 5) is 48.8. The van der Waals surface area contributed by atoms with Gasteiger partial charge < -0.3 is 14.8 Å². The van der Waals surface area contributed by atoms with Crippen molar-refractivity contribution in [3.8, 4) is 5.75 Å². The zero-order chi connectivity index (χ0) is 24.8. The van der Waals surface area contributed by atoms with Gasteiger partial charge in [0.25, 0.3) is 22.7 Å². The number of carbonyl (C=O) groups excluding carboxylic acids is 3. The third-order valence-electron chi connectivity index (χ3n) is 5.47. The molecule has 10 nitrogen and oxygen atoms in total. The van der Waals surface area contributed by atoms with Crippen LogP contribution in [0.5, 0.6) is 5.75 Å². The number of hydrogen-bond acceptors (Lipinski definition) is 8. The molecule has 0 saturated carbocycles. The van der Waals surface area contributed by atoms with Crippen LogP contribution in [0.3, 0.4) is 0 Å². The quantitative estimate of drug-likeness (QED) is 0.316. The summed E-state index contributed by atoms with van der Waals surface area (Å²) in [5, 5.41) is 13.0. The molecule has 35 heavy (non-hydrogen) atoms. The van der Waals surface area contributed by atoms with Gasteiger partial charge in [-0.3, -0.25) is 29.4 Å². The molecule has 0 spiro atoms. The minimum atomic E-state index is -0.513. The summed E-state index contributed by atoms with van der Waals surface area (Å²) < 4.78 is 11.2. The zero-order valence-corrected chi connectivity index (χ0v) is 19.5. The molecule has 1 atom stereocenters. The van der Waals surface area contributed by atoms with Crippen LogP contribution < -0.4 is 10.1 Å². The van der Waals surface area contributed by atoms with E-state index >= 15 is 0 Å². The van der Waals surface area contributed by atoms with Crippen LogP contribution in [0.4, 0.5) is 10.5 Å². The Hall–Kier alpha value is -3.70. The number of nitrogens with one attached hydrogen (secondary N) is 1. The molecule has 1 N–H and O–H groups in total. The van der Waals surface area contributed by atoms with Crippen LogP contribution in [0.1, 0.15) is 28.8 Å². The van der Waals surface area contributed by atoms with Crippen molar-refractivity contribution in [2.24, 2.45) is 0 Å². The Kier molecular flexibility index (Phi) is 7.78. The van der Waals surface area contributed by atoms with Gasteiger partial charge in [0.05, 0.1) is 15.9 Å². The van der Waals surface area contributed by atoms with E-state index in [1.165, 1.54) is 30.3 Å². The maximum absolute atomic E-state index is 12.6. The van der Waals surface area contributed by atoms with E-state index < -0.39 is 16.1 Å². The number of amides is 3. The standard InChI is InChI=1S/C24H23N3O7S/c28-22(17-5-9-19(10-6-17)34-15-20-2-1-13-33-20)25-11-12-26-23(29)21(35-24(26)30)14-16-3-7-18(8-4-16)27(31)32/h3-10,14,20H,1-2,11-13,15H2,(H,25,28)/b21-14-. The Bertz CT molecular complexity index is 1140. The first kappa shape index (κ1) is 24.4. The predicted octanol–water partition coefficient (Wildman–Crippen LogP) is 3.62. The highest BCUT2D eigenvalue weighted by Gasteiger charge is 2.34. The van der Waals surface area contributed by atoms with Gasteiger partial charge in [-0.05, 0) is 72.6 Å². The van der Waals surface area contributed by atoms with Crippen LogP contribution in [0.15, 0.2) is 53.4 Å². The highest BCUT2D eigenvalue weighted by atomic mass is 32.2.